The first kappa shape index (κ1) is 22.9. The Balaban J connectivity index is 1.83. The molecular weight excluding hydrogens is 448 g/mol. The summed E-state index contributed by atoms with van der Waals surface area (Å²) >= 11 is 6.12. The Morgan fingerprint density at radius 3 is 2.76 bits per heavy atom. The Morgan fingerprint density at radius 2 is 2.03 bits per heavy atom. The minimum absolute atomic E-state index is 0.0292. The van der Waals surface area contributed by atoms with E-state index >= 15 is 0 Å². The second kappa shape index (κ2) is 9.33. The van der Waals surface area contributed by atoms with Gasteiger partial charge in [-0.15, -0.1) is 0 Å². The number of carbonyl (C=O) groups is 2. The van der Waals surface area contributed by atoms with Gasteiger partial charge in [0.1, 0.15) is 23.9 Å². The number of likely N-dealkylation sites (N-methyl/N-ethyl adjacent to an activating group) is 1. The highest BCUT2D eigenvalue weighted by Crippen LogP contribution is 2.42. The molecule has 174 valence electrons. The number of anilines is 1. The Kier molecular flexibility index (Phi) is 6.49. The summed E-state index contributed by atoms with van der Waals surface area (Å²) in [7, 11) is 3.47. The maximum atomic E-state index is 13.1. The molecular formula is C24H25ClN2O6. The normalized spacial score (nSPS) is 19.5. The van der Waals surface area contributed by atoms with Gasteiger partial charge >= 0.3 is 0 Å². The quantitative estimate of drug-likeness (QED) is 0.288. The summed E-state index contributed by atoms with van der Waals surface area (Å²) in [5.41, 5.74) is 1.66. The van der Waals surface area contributed by atoms with E-state index in [0.717, 1.165) is 5.69 Å². The molecule has 33 heavy (non-hydrogen) atoms. The molecule has 8 nitrogen and oxygen atoms in total. The largest absolute Gasteiger partial charge is 0.507 e. The van der Waals surface area contributed by atoms with Crippen LogP contribution in [0.1, 0.15) is 23.6 Å². The summed E-state index contributed by atoms with van der Waals surface area (Å²) in [6.07, 6.45) is 0.507. The number of Topliss-reactive ketones (excluding diaryl/α,β-unsaturated/α-hetero) is 1. The molecule has 0 bridgehead atoms. The van der Waals surface area contributed by atoms with Gasteiger partial charge in [-0.2, -0.15) is 0 Å². The molecule has 2 aromatic rings. The van der Waals surface area contributed by atoms with Crippen LogP contribution in [-0.2, 0) is 14.3 Å². The molecule has 0 spiro atoms. The van der Waals surface area contributed by atoms with E-state index in [-0.39, 0.29) is 28.6 Å². The average molecular weight is 473 g/mol. The summed E-state index contributed by atoms with van der Waals surface area (Å²) in [6.45, 7) is 1.90. The Bertz CT molecular complexity index is 1130. The van der Waals surface area contributed by atoms with Crippen molar-refractivity contribution >= 4 is 34.7 Å². The van der Waals surface area contributed by atoms with Crippen LogP contribution in [0, 0.1) is 0 Å². The summed E-state index contributed by atoms with van der Waals surface area (Å²) in [5, 5.41) is 21.2. The Labute approximate surface area is 196 Å². The SMILES string of the molecule is COCCCN1C(=O)C(=O)/C(=C(\O)c2ccc3c(c2)N(C)CCO3)C1c1ccc(O)c(Cl)c1. The van der Waals surface area contributed by atoms with E-state index in [2.05, 4.69) is 0 Å². The van der Waals surface area contributed by atoms with Crippen molar-refractivity contribution in [3.05, 3.63) is 58.1 Å². The van der Waals surface area contributed by atoms with Crippen LogP contribution in [0.25, 0.3) is 5.76 Å². The van der Waals surface area contributed by atoms with Gasteiger partial charge in [-0.1, -0.05) is 17.7 Å². The van der Waals surface area contributed by atoms with Gasteiger partial charge in [-0.25, -0.2) is 0 Å². The number of fused-ring (bicyclic) bond motifs is 1. The van der Waals surface area contributed by atoms with Crippen molar-refractivity contribution in [2.45, 2.75) is 12.5 Å². The monoisotopic (exact) mass is 472 g/mol. The summed E-state index contributed by atoms with van der Waals surface area (Å²) in [6, 6.07) is 8.76. The molecule has 9 heteroatoms. The molecule has 1 saturated heterocycles. The van der Waals surface area contributed by atoms with Gasteiger partial charge in [0.2, 0.25) is 0 Å². The van der Waals surface area contributed by atoms with Crippen LogP contribution in [0.5, 0.6) is 11.5 Å². The molecule has 2 aliphatic rings. The number of nitrogens with zero attached hydrogens (tertiary/aromatic N) is 2. The smallest absolute Gasteiger partial charge is 0.295 e. The number of phenols is 1. The predicted molar refractivity (Wildman–Crippen MR) is 124 cm³/mol. The number of hydrogen-bond donors (Lipinski definition) is 2. The van der Waals surface area contributed by atoms with Crippen LogP contribution < -0.4 is 9.64 Å². The maximum absolute atomic E-state index is 13.1. The van der Waals surface area contributed by atoms with Crippen LogP contribution in [0.2, 0.25) is 5.02 Å². The van der Waals surface area contributed by atoms with E-state index in [9.17, 15) is 19.8 Å². The van der Waals surface area contributed by atoms with E-state index < -0.39 is 17.7 Å². The molecule has 0 saturated carbocycles. The summed E-state index contributed by atoms with van der Waals surface area (Å²) < 4.78 is 10.8. The van der Waals surface area contributed by atoms with E-state index in [0.29, 0.717) is 43.1 Å². The van der Waals surface area contributed by atoms with Crippen LogP contribution in [0.4, 0.5) is 5.69 Å². The number of aliphatic hydroxyl groups is 1. The van der Waals surface area contributed by atoms with Gasteiger partial charge in [0, 0.05) is 32.9 Å². The van der Waals surface area contributed by atoms with E-state index in [1.54, 1.807) is 31.4 Å². The third kappa shape index (κ3) is 4.24. The van der Waals surface area contributed by atoms with Crippen molar-refractivity contribution in [3.8, 4) is 11.5 Å². The summed E-state index contributed by atoms with van der Waals surface area (Å²) in [5.74, 6) is -1.20. The number of aromatic hydroxyl groups is 1. The van der Waals surface area contributed by atoms with E-state index in [4.69, 9.17) is 21.1 Å². The first-order chi connectivity index (χ1) is 15.8. The van der Waals surface area contributed by atoms with Crippen LogP contribution >= 0.6 is 11.6 Å². The fourth-order valence-corrected chi connectivity index (χ4v) is 4.37. The zero-order valence-corrected chi connectivity index (χ0v) is 19.1. The van der Waals surface area contributed by atoms with Crippen LogP contribution in [0.3, 0.4) is 0 Å². The van der Waals surface area contributed by atoms with Crippen LogP contribution in [-0.4, -0.2) is 67.3 Å². The molecule has 1 amide bonds. The lowest BCUT2D eigenvalue weighted by Gasteiger charge is -2.28. The first-order valence-electron chi connectivity index (χ1n) is 10.6. The number of hydrogen-bond acceptors (Lipinski definition) is 7. The standard InChI is InChI=1S/C24H25ClN2O6/c1-26-9-11-33-19-7-5-15(13-17(19)26)22(29)20-21(14-4-6-18(28)16(25)12-14)27(8-3-10-32-2)24(31)23(20)30/h4-7,12-13,21,28-29H,3,8-11H2,1-2H3/b22-20-. The highest BCUT2D eigenvalue weighted by Gasteiger charge is 2.46. The molecule has 2 aliphatic heterocycles. The van der Waals surface area contributed by atoms with Gasteiger partial charge in [0.25, 0.3) is 11.7 Å². The Hall–Kier alpha value is -3.23. The first-order valence-corrected chi connectivity index (χ1v) is 11.0. The van der Waals surface area contributed by atoms with E-state index in [1.807, 2.05) is 11.9 Å². The van der Waals surface area contributed by atoms with Crippen molar-refractivity contribution in [2.24, 2.45) is 0 Å². The zero-order valence-electron chi connectivity index (χ0n) is 18.4. The molecule has 4 rings (SSSR count). The number of halogens is 1. The molecule has 2 N–H and O–H groups in total. The maximum Gasteiger partial charge on any atom is 0.295 e. The number of amides is 1. The average Bonchev–Trinajstić information content (AvgIpc) is 3.05. The second-order valence-corrected chi connectivity index (χ2v) is 8.41. The fourth-order valence-electron chi connectivity index (χ4n) is 4.18. The number of ether oxygens (including phenoxy) is 2. The van der Waals surface area contributed by atoms with Crippen molar-refractivity contribution in [1.82, 2.24) is 4.90 Å². The molecule has 2 heterocycles. The number of likely N-dealkylation sites (tertiary alicyclic amines) is 1. The number of aliphatic hydroxyl groups excluding tert-OH is 1. The number of methoxy groups -OCH3 is 1. The van der Waals surface area contributed by atoms with Crippen molar-refractivity contribution < 1.29 is 29.3 Å². The van der Waals surface area contributed by atoms with Gasteiger partial charge < -0.3 is 29.5 Å². The fraction of sp³-hybridized carbons (Fsp3) is 0.333. The number of benzene rings is 2. The summed E-state index contributed by atoms with van der Waals surface area (Å²) in [4.78, 5) is 29.4. The molecule has 1 atom stereocenters. The Morgan fingerprint density at radius 1 is 1.24 bits per heavy atom. The van der Waals surface area contributed by atoms with Gasteiger partial charge in [-0.05, 0) is 42.3 Å². The topological polar surface area (TPSA) is 99.5 Å². The zero-order chi connectivity index (χ0) is 23.7. The highest BCUT2D eigenvalue weighted by molar-refractivity contribution is 6.46. The highest BCUT2D eigenvalue weighted by atomic mass is 35.5. The molecule has 0 aliphatic carbocycles. The van der Waals surface area contributed by atoms with Crippen molar-refractivity contribution in [3.63, 3.8) is 0 Å². The van der Waals surface area contributed by atoms with Gasteiger partial charge in [0.15, 0.2) is 0 Å². The second-order valence-electron chi connectivity index (χ2n) is 8.00. The lowest BCUT2D eigenvalue weighted by Crippen LogP contribution is -2.31. The van der Waals surface area contributed by atoms with Crippen molar-refractivity contribution in [1.29, 1.82) is 0 Å². The molecule has 0 radical (unpaired) electrons. The molecule has 0 aromatic heterocycles. The van der Waals surface area contributed by atoms with Crippen molar-refractivity contribution in [2.75, 3.05) is 45.4 Å². The molecule has 1 fully saturated rings. The van der Waals surface area contributed by atoms with E-state index in [1.165, 1.54) is 17.0 Å². The lowest BCUT2D eigenvalue weighted by molar-refractivity contribution is -0.140. The number of rotatable bonds is 6. The van der Waals surface area contributed by atoms with Gasteiger partial charge in [-0.3, -0.25) is 9.59 Å². The number of phenolic OH excluding ortho intramolecular Hbond substituents is 1. The van der Waals surface area contributed by atoms with Crippen LogP contribution in [0.15, 0.2) is 42.0 Å². The third-order valence-corrected chi connectivity index (χ3v) is 6.21. The van der Waals surface area contributed by atoms with Gasteiger partial charge in [0.05, 0.1) is 28.9 Å². The third-order valence-electron chi connectivity index (χ3n) is 5.90. The lowest BCUT2D eigenvalue weighted by atomic mass is 9.95. The molecule has 2 aromatic carbocycles. The predicted octanol–water partition coefficient (Wildman–Crippen LogP) is 3.33. The number of carbonyl (C=O) groups excluding carboxylic acids is 2. The minimum atomic E-state index is -0.857. The minimum Gasteiger partial charge on any atom is -0.507 e. The molecule has 1 unspecified atom stereocenters. The number of ketones is 1.